The number of carbonyl (C=O) groups excluding carboxylic acids is 1. The summed E-state index contributed by atoms with van der Waals surface area (Å²) in [7, 11) is 1.37. The van der Waals surface area contributed by atoms with Crippen LogP contribution in [0.5, 0.6) is 0 Å². The van der Waals surface area contributed by atoms with E-state index in [2.05, 4.69) is 4.74 Å². The van der Waals surface area contributed by atoms with E-state index in [0.717, 1.165) is 0 Å². The van der Waals surface area contributed by atoms with E-state index >= 15 is 0 Å². The number of ether oxygens (including phenoxy) is 1. The van der Waals surface area contributed by atoms with Gasteiger partial charge in [0, 0.05) is 24.8 Å². The van der Waals surface area contributed by atoms with Crippen LogP contribution in [0.3, 0.4) is 0 Å². The largest absolute Gasteiger partial charge is 0.468 e. The third-order valence-corrected chi connectivity index (χ3v) is 2.17. The zero-order valence-electron chi connectivity index (χ0n) is 7.93. The Bertz CT molecular complexity index is 149. The lowest BCUT2D eigenvalue weighted by atomic mass is 10.3. The van der Waals surface area contributed by atoms with Gasteiger partial charge < -0.3 is 4.74 Å². The summed E-state index contributed by atoms with van der Waals surface area (Å²) in [6, 6.07) is -0.275. The van der Waals surface area contributed by atoms with Gasteiger partial charge in [-0.2, -0.15) is 0 Å². The average molecular weight is 228 g/mol. The normalized spacial score (nSPS) is 13.0. The summed E-state index contributed by atoms with van der Waals surface area (Å²) in [4.78, 5) is 13.0. The first-order chi connectivity index (χ1) is 6.17. The van der Waals surface area contributed by atoms with E-state index in [0.29, 0.717) is 24.8 Å². The Hall–Kier alpha value is 0.01000. The minimum absolute atomic E-state index is 0.254. The van der Waals surface area contributed by atoms with E-state index in [9.17, 15) is 4.79 Å². The summed E-state index contributed by atoms with van der Waals surface area (Å²) < 4.78 is 4.62. The van der Waals surface area contributed by atoms with Crippen molar-refractivity contribution in [3.8, 4) is 0 Å². The molecular weight excluding hydrogens is 213 g/mol. The second-order valence-electron chi connectivity index (χ2n) is 2.61. The van der Waals surface area contributed by atoms with Gasteiger partial charge in [0.25, 0.3) is 0 Å². The molecule has 1 atom stereocenters. The molecule has 78 valence electrons. The molecule has 0 bridgehead atoms. The van der Waals surface area contributed by atoms with Crippen molar-refractivity contribution in [2.45, 2.75) is 13.0 Å². The predicted molar refractivity (Wildman–Crippen MR) is 54.5 cm³/mol. The molecular formula is C8H15Cl2NO2. The van der Waals surface area contributed by atoms with Crippen molar-refractivity contribution in [1.29, 1.82) is 0 Å². The van der Waals surface area contributed by atoms with Crippen LogP contribution in [0, 0.1) is 0 Å². The number of alkyl halides is 2. The highest BCUT2D eigenvalue weighted by molar-refractivity contribution is 6.18. The molecule has 0 N–H and O–H groups in total. The smallest absolute Gasteiger partial charge is 0.322 e. The highest BCUT2D eigenvalue weighted by Gasteiger charge is 2.20. The fraction of sp³-hybridized carbons (Fsp3) is 0.875. The van der Waals surface area contributed by atoms with Crippen molar-refractivity contribution in [1.82, 2.24) is 4.90 Å². The fourth-order valence-electron chi connectivity index (χ4n) is 1.04. The molecule has 0 radical (unpaired) electrons. The molecule has 0 heterocycles. The molecule has 0 amide bonds. The fourth-order valence-corrected chi connectivity index (χ4v) is 1.47. The van der Waals surface area contributed by atoms with Crippen LogP contribution in [0.25, 0.3) is 0 Å². The Labute approximate surface area is 88.9 Å². The first kappa shape index (κ1) is 13.0. The molecule has 0 spiro atoms. The lowest BCUT2D eigenvalue weighted by Gasteiger charge is -2.25. The van der Waals surface area contributed by atoms with E-state index in [4.69, 9.17) is 23.2 Å². The second kappa shape index (κ2) is 7.42. The molecule has 0 aliphatic carbocycles. The molecule has 0 saturated carbocycles. The number of methoxy groups -OCH3 is 1. The first-order valence-corrected chi connectivity index (χ1v) is 5.18. The van der Waals surface area contributed by atoms with Crippen LogP contribution in [0.2, 0.25) is 0 Å². The van der Waals surface area contributed by atoms with Gasteiger partial charge in [-0.1, -0.05) is 0 Å². The van der Waals surface area contributed by atoms with Gasteiger partial charge in [-0.15, -0.1) is 23.2 Å². The van der Waals surface area contributed by atoms with Crippen molar-refractivity contribution < 1.29 is 9.53 Å². The molecule has 0 aromatic rings. The molecule has 0 fully saturated rings. The first-order valence-electron chi connectivity index (χ1n) is 4.11. The summed E-state index contributed by atoms with van der Waals surface area (Å²) in [5, 5.41) is 0. The number of halogens is 2. The Morgan fingerprint density at radius 1 is 1.38 bits per heavy atom. The molecule has 0 aliphatic rings. The Morgan fingerprint density at radius 2 is 1.85 bits per heavy atom. The van der Waals surface area contributed by atoms with Crippen LogP contribution in [0.15, 0.2) is 0 Å². The number of rotatable bonds is 6. The minimum atomic E-state index is -0.275. The molecule has 0 saturated heterocycles. The van der Waals surface area contributed by atoms with E-state index in [-0.39, 0.29) is 12.0 Å². The quantitative estimate of drug-likeness (QED) is 0.507. The molecule has 0 rings (SSSR count). The van der Waals surface area contributed by atoms with Gasteiger partial charge >= 0.3 is 5.97 Å². The topological polar surface area (TPSA) is 29.5 Å². The lowest BCUT2D eigenvalue weighted by molar-refractivity contribution is -0.146. The van der Waals surface area contributed by atoms with Crippen molar-refractivity contribution in [2.24, 2.45) is 0 Å². The summed E-state index contributed by atoms with van der Waals surface area (Å²) in [5.74, 6) is 0.714. The lowest BCUT2D eigenvalue weighted by Crippen LogP contribution is -2.41. The summed E-state index contributed by atoms with van der Waals surface area (Å²) in [6.45, 7) is 3.07. The van der Waals surface area contributed by atoms with Gasteiger partial charge in [0.2, 0.25) is 0 Å². The van der Waals surface area contributed by atoms with Gasteiger partial charge in [0.1, 0.15) is 6.04 Å². The highest BCUT2D eigenvalue weighted by Crippen LogP contribution is 2.02. The monoisotopic (exact) mass is 227 g/mol. The second-order valence-corrected chi connectivity index (χ2v) is 3.37. The maximum absolute atomic E-state index is 11.2. The summed E-state index contributed by atoms with van der Waals surface area (Å²) in [6.07, 6.45) is 0. The van der Waals surface area contributed by atoms with Crippen LogP contribution < -0.4 is 0 Å². The summed E-state index contributed by atoms with van der Waals surface area (Å²) in [5.41, 5.74) is 0. The maximum Gasteiger partial charge on any atom is 0.322 e. The third kappa shape index (κ3) is 4.69. The van der Waals surface area contributed by atoms with Crippen LogP contribution in [-0.2, 0) is 9.53 Å². The van der Waals surface area contributed by atoms with Crippen LogP contribution in [-0.4, -0.2) is 48.9 Å². The molecule has 0 aromatic heterocycles. The standard InChI is InChI=1S/C8H15Cl2NO2/c1-7(8(12)13-2)11(5-3-9)6-4-10/h7H,3-6H2,1-2H3. The van der Waals surface area contributed by atoms with Crippen molar-refractivity contribution in [3.05, 3.63) is 0 Å². The molecule has 0 aliphatic heterocycles. The Balaban J connectivity index is 4.08. The number of nitrogens with zero attached hydrogens (tertiary/aromatic N) is 1. The molecule has 0 aromatic carbocycles. The van der Waals surface area contributed by atoms with E-state index in [1.807, 2.05) is 4.90 Å². The zero-order chi connectivity index (χ0) is 10.3. The third-order valence-electron chi connectivity index (χ3n) is 1.83. The van der Waals surface area contributed by atoms with E-state index < -0.39 is 0 Å². The number of carbonyl (C=O) groups is 1. The van der Waals surface area contributed by atoms with Gasteiger partial charge in [-0.25, -0.2) is 0 Å². The van der Waals surface area contributed by atoms with Gasteiger partial charge in [0.05, 0.1) is 7.11 Å². The highest BCUT2D eigenvalue weighted by atomic mass is 35.5. The average Bonchev–Trinajstić information content (AvgIpc) is 2.15. The molecule has 1 unspecified atom stereocenters. The van der Waals surface area contributed by atoms with Crippen LogP contribution in [0.1, 0.15) is 6.92 Å². The number of esters is 1. The van der Waals surface area contributed by atoms with Crippen LogP contribution in [0.4, 0.5) is 0 Å². The molecule has 5 heteroatoms. The van der Waals surface area contributed by atoms with E-state index in [1.54, 1.807) is 6.92 Å². The Morgan fingerprint density at radius 3 is 2.15 bits per heavy atom. The van der Waals surface area contributed by atoms with E-state index in [1.165, 1.54) is 7.11 Å². The Kier molecular flexibility index (Phi) is 7.42. The van der Waals surface area contributed by atoms with Gasteiger partial charge in [0.15, 0.2) is 0 Å². The zero-order valence-corrected chi connectivity index (χ0v) is 9.44. The number of hydrogen-bond donors (Lipinski definition) is 0. The van der Waals surface area contributed by atoms with Crippen molar-refractivity contribution in [2.75, 3.05) is 32.0 Å². The van der Waals surface area contributed by atoms with Crippen molar-refractivity contribution >= 4 is 29.2 Å². The molecule has 3 nitrogen and oxygen atoms in total. The van der Waals surface area contributed by atoms with Crippen LogP contribution >= 0.6 is 23.2 Å². The SMILES string of the molecule is COC(=O)C(C)N(CCCl)CCCl. The predicted octanol–water partition coefficient (Wildman–Crippen LogP) is 1.33. The molecule has 13 heavy (non-hydrogen) atoms. The van der Waals surface area contributed by atoms with Crippen molar-refractivity contribution in [3.63, 3.8) is 0 Å². The van der Waals surface area contributed by atoms with Gasteiger partial charge in [-0.3, -0.25) is 9.69 Å². The minimum Gasteiger partial charge on any atom is -0.468 e. The summed E-state index contributed by atoms with van der Waals surface area (Å²) >= 11 is 11.2. The van der Waals surface area contributed by atoms with Gasteiger partial charge in [-0.05, 0) is 6.92 Å². The number of hydrogen-bond acceptors (Lipinski definition) is 3. The maximum atomic E-state index is 11.2.